The third-order valence-electron chi connectivity index (χ3n) is 3.84. The van der Waals surface area contributed by atoms with Gasteiger partial charge in [-0.1, -0.05) is 18.2 Å². The van der Waals surface area contributed by atoms with Gasteiger partial charge in [-0.05, 0) is 49.3 Å². The van der Waals surface area contributed by atoms with Crippen LogP contribution in [-0.2, 0) is 12.8 Å². The third kappa shape index (κ3) is 1.46. The number of aryl methyl sites for hydroxylation is 1. The lowest BCUT2D eigenvalue weighted by Crippen LogP contribution is -1.96. The predicted octanol–water partition coefficient (Wildman–Crippen LogP) is 3.62. The second-order valence-electron chi connectivity index (χ2n) is 4.75. The first kappa shape index (κ1) is 9.95. The average Bonchev–Trinajstić information content (AvgIpc) is 2.91. The summed E-state index contributed by atoms with van der Waals surface area (Å²) in [5.74, 6) is 1.88. The Morgan fingerprint density at radius 1 is 1.38 bits per heavy atom. The molecule has 1 unspecified atom stereocenters. The molecule has 1 aliphatic carbocycles. The number of fused-ring (bicyclic) bond motifs is 3. The molecule has 0 bridgehead atoms. The van der Waals surface area contributed by atoms with Gasteiger partial charge in [0.1, 0.15) is 5.75 Å². The summed E-state index contributed by atoms with van der Waals surface area (Å²) in [6.07, 6.45) is 9.35. The van der Waals surface area contributed by atoms with Crippen LogP contribution in [-0.4, -0.2) is 6.61 Å². The first-order valence-electron chi connectivity index (χ1n) is 6.28. The van der Waals surface area contributed by atoms with Crippen LogP contribution in [0, 0.1) is 0 Å². The predicted molar refractivity (Wildman–Crippen MR) is 66.1 cm³/mol. The molecular weight excluding hydrogens is 196 g/mol. The minimum Gasteiger partial charge on any atom is -0.493 e. The Bertz CT molecular complexity index is 431. The molecule has 16 heavy (non-hydrogen) atoms. The van der Waals surface area contributed by atoms with E-state index < -0.39 is 0 Å². The van der Waals surface area contributed by atoms with Gasteiger partial charge in [0.25, 0.3) is 0 Å². The summed E-state index contributed by atoms with van der Waals surface area (Å²) in [5.41, 5.74) is 4.69. The Morgan fingerprint density at radius 3 is 3.19 bits per heavy atom. The van der Waals surface area contributed by atoms with Crippen molar-refractivity contribution in [1.82, 2.24) is 0 Å². The van der Waals surface area contributed by atoms with Gasteiger partial charge in [0.2, 0.25) is 0 Å². The number of allylic oxidation sites excluding steroid dienone is 2. The van der Waals surface area contributed by atoms with E-state index in [2.05, 4.69) is 31.2 Å². The fourth-order valence-corrected chi connectivity index (χ4v) is 3.09. The number of ether oxygens (including phenoxy) is 1. The van der Waals surface area contributed by atoms with Crippen molar-refractivity contribution in [2.24, 2.45) is 0 Å². The number of rotatable bonds is 2. The molecule has 84 valence electrons. The maximum absolute atomic E-state index is 5.66. The molecule has 2 aliphatic rings. The molecule has 0 saturated carbocycles. The SMILES string of the molecule is CC=CCC1CCc2ccc3c(c21)CCO3. The van der Waals surface area contributed by atoms with Gasteiger partial charge < -0.3 is 4.74 Å². The van der Waals surface area contributed by atoms with Crippen molar-refractivity contribution in [1.29, 1.82) is 0 Å². The van der Waals surface area contributed by atoms with Crippen molar-refractivity contribution in [2.45, 2.75) is 38.5 Å². The Kier molecular flexibility index (Phi) is 2.47. The highest BCUT2D eigenvalue weighted by molar-refractivity contribution is 5.51. The molecule has 1 aliphatic heterocycles. The molecule has 1 aromatic carbocycles. The molecule has 0 fully saturated rings. The van der Waals surface area contributed by atoms with Crippen LogP contribution in [0.25, 0.3) is 0 Å². The molecule has 0 amide bonds. The van der Waals surface area contributed by atoms with E-state index in [4.69, 9.17) is 4.74 Å². The van der Waals surface area contributed by atoms with E-state index in [1.54, 1.807) is 11.1 Å². The highest BCUT2D eigenvalue weighted by Gasteiger charge is 2.28. The van der Waals surface area contributed by atoms with Crippen molar-refractivity contribution in [3.63, 3.8) is 0 Å². The van der Waals surface area contributed by atoms with Gasteiger partial charge in [-0.3, -0.25) is 0 Å². The summed E-state index contributed by atoms with van der Waals surface area (Å²) >= 11 is 0. The molecule has 0 spiro atoms. The van der Waals surface area contributed by atoms with Crippen LogP contribution in [0.15, 0.2) is 24.3 Å². The van der Waals surface area contributed by atoms with Crippen molar-refractivity contribution in [3.8, 4) is 5.75 Å². The summed E-state index contributed by atoms with van der Waals surface area (Å²) in [5, 5.41) is 0. The zero-order valence-corrected chi connectivity index (χ0v) is 9.83. The Labute approximate surface area is 97.1 Å². The summed E-state index contributed by atoms with van der Waals surface area (Å²) in [6.45, 7) is 2.98. The lowest BCUT2D eigenvalue weighted by molar-refractivity contribution is 0.357. The molecule has 1 nitrogen and oxygen atoms in total. The van der Waals surface area contributed by atoms with E-state index in [-0.39, 0.29) is 0 Å². The highest BCUT2D eigenvalue weighted by atomic mass is 16.5. The van der Waals surface area contributed by atoms with Gasteiger partial charge >= 0.3 is 0 Å². The summed E-state index contributed by atoms with van der Waals surface area (Å²) in [4.78, 5) is 0. The monoisotopic (exact) mass is 214 g/mol. The normalized spacial score (nSPS) is 22.2. The molecule has 1 heterocycles. The maximum atomic E-state index is 5.66. The van der Waals surface area contributed by atoms with Gasteiger partial charge in [0.05, 0.1) is 6.61 Å². The summed E-state index contributed by atoms with van der Waals surface area (Å²) in [6, 6.07) is 4.44. The lowest BCUT2D eigenvalue weighted by Gasteiger charge is -2.12. The first-order valence-corrected chi connectivity index (χ1v) is 6.28. The van der Waals surface area contributed by atoms with Crippen LogP contribution in [0.4, 0.5) is 0 Å². The second kappa shape index (κ2) is 3.97. The van der Waals surface area contributed by atoms with E-state index in [9.17, 15) is 0 Å². The highest BCUT2D eigenvalue weighted by Crippen LogP contribution is 2.43. The van der Waals surface area contributed by atoms with Crippen molar-refractivity contribution >= 4 is 0 Å². The molecule has 1 heteroatoms. The van der Waals surface area contributed by atoms with E-state index in [0.717, 1.165) is 24.7 Å². The fourth-order valence-electron chi connectivity index (χ4n) is 3.09. The molecule has 3 rings (SSSR count). The number of hydrogen-bond acceptors (Lipinski definition) is 1. The fraction of sp³-hybridized carbons (Fsp3) is 0.467. The average molecular weight is 214 g/mol. The van der Waals surface area contributed by atoms with Crippen LogP contribution < -0.4 is 4.74 Å². The van der Waals surface area contributed by atoms with Gasteiger partial charge in [-0.15, -0.1) is 0 Å². The van der Waals surface area contributed by atoms with Crippen LogP contribution in [0.1, 0.15) is 42.4 Å². The van der Waals surface area contributed by atoms with E-state index in [1.807, 2.05) is 0 Å². The molecule has 1 aromatic rings. The second-order valence-corrected chi connectivity index (χ2v) is 4.75. The van der Waals surface area contributed by atoms with E-state index in [1.165, 1.54) is 24.8 Å². The van der Waals surface area contributed by atoms with Crippen LogP contribution in [0.3, 0.4) is 0 Å². The van der Waals surface area contributed by atoms with Gasteiger partial charge in [0, 0.05) is 12.0 Å². The van der Waals surface area contributed by atoms with Gasteiger partial charge in [0.15, 0.2) is 0 Å². The Hall–Kier alpha value is -1.24. The summed E-state index contributed by atoms with van der Waals surface area (Å²) in [7, 11) is 0. The van der Waals surface area contributed by atoms with Crippen molar-refractivity contribution in [3.05, 3.63) is 41.0 Å². The smallest absolute Gasteiger partial charge is 0.122 e. The minimum absolute atomic E-state index is 0.739. The Morgan fingerprint density at radius 2 is 2.31 bits per heavy atom. The van der Waals surface area contributed by atoms with Gasteiger partial charge in [-0.2, -0.15) is 0 Å². The molecule has 0 N–H and O–H groups in total. The van der Waals surface area contributed by atoms with E-state index in [0.29, 0.717) is 0 Å². The van der Waals surface area contributed by atoms with Crippen molar-refractivity contribution in [2.75, 3.05) is 6.61 Å². The molecule has 1 atom stereocenters. The molecule has 0 aromatic heterocycles. The molecular formula is C15H18O. The largest absolute Gasteiger partial charge is 0.493 e. The standard InChI is InChI=1S/C15H18O/c1-2-3-4-11-5-6-12-7-8-14-13(15(11)12)9-10-16-14/h2-3,7-8,11H,4-6,9-10H2,1H3. The summed E-state index contributed by atoms with van der Waals surface area (Å²) < 4.78 is 5.66. The molecule has 0 saturated heterocycles. The van der Waals surface area contributed by atoms with Crippen LogP contribution in [0.5, 0.6) is 5.75 Å². The lowest BCUT2D eigenvalue weighted by atomic mass is 9.92. The van der Waals surface area contributed by atoms with E-state index >= 15 is 0 Å². The zero-order valence-electron chi connectivity index (χ0n) is 9.83. The minimum atomic E-state index is 0.739. The first-order chi connectivity index (χ1) is 7.90. The third-order valence-corrected chi connectivity index (χ3v) is 3.84. The molecule has 0 radical (unpaired) electrons. The Balaban J connectivity index is 2.00. The quantitative estimate of drug-likeness (QED) is 0.683. The number of benzene rings is 1. The maximum Gasteiger partial charge on any atom is 0.122 e. The zero-order chi connectivity index (χ0) is 11.0. The van der Waals surface area contributed by atoms with Gasteiger partial charge in [-0.25, -0.2) is 0 Å². The van der Waals surface area contributed by atoms with Crippen LogP contribution >= 0.6 is 0 Å². The number of hydrogen-bond donors (Lipinski definition) is 0. The van der Waals surface area contributed by atoms with Crippen molar-refractivity contribution < 1.29 is 4.74 Å². The van der Waals surface area contributed by atoms with Crippen LogP contribution in [0.2, 0.25) is 0 Å². The topological polar surface area (TPSA) is 9.23 Å².